The van der Waals surface area contributed by atoms with Crippen molar-refractivity contribution >= 4 is 17.7 Å². The van der Waals surface area contributed by atoms with Crippen LogP contribution in [-0.2, 0) is 14.3 Å². The van der Waals surface area contributed by atoms with Crippen LogP contribution in [-0.4, -0.2) is 63.5 Å². The Hall–Kier alpha value is -0.340. The Balaban J connectivity index is 1.76. The number of carbonyl (C=O) groups is 1. The zero-order chi connectivity index (χ0) is 18.4. The molecule has 8 atom stereocenters. The van der Waals surface area contributed by atoms with Crippen LogP contribution >= 0.6 is 11.8 Å². The minimum Gasteiger partial charge on any atom is -0.468 e. The molecule has 1 heterocycles. The zero-order valence-electron chi connectivity index (χ0n) is 15.2. The zero-order valence-corrected chi connectivity index (χ0v) is 16.0. The number of hydrogen-bond acceptors (Lipinski definition) is 7. The van der Waals surface area contributed by atoms with Crippen LogP contribution in [0.5, 0.6) is 0 Å². The largest absolute Gasteiger partial charge is 0.468 e. The summed E-state index contributed by atoms with van der Waals surface area (Å²) in [6.45, 7) is 6.54. The molecule has 0 aromatic heterocycles. The van der Waals surface area contributed by atoms with E-state index >= 15 is 0 Å². The van der Waals surface area contributed by atoms with Gasteiger partial charge in [0.1, 0.15) is 6.10 Å². The minimum atomic E-state index is -1.63. The Kier molecular flexibility index (Phi) is 3.70. The summed E-state index contributed by atoms with van der Waals surface area (Å²) in [4.78, 5) is 11.7. The fourth-order valence-corrected chi connectivity index (χ4v) is 8.16. The van der Waals surface area contributed by atoms with Crippen molar-refractivity contribution < 1.29 is 29.6 Å². The number of methoxy groups -OCH3 is 1. The lowest BCUT2D eigenvalue weighted by Crippen LogP contribution is -2.81. The molecule has 1 aliphatic heterocycles. The summed E-state index contributed by atoms with van der Waals surface area (Å²) < 4.78 is 9.62. The maximum Gasteiger partial charge on any atom is 0.315 e. The van der Waals surface area contributed by atoms with E-state index in [0.29, 0.717) is 0 Å². The van der Waals surface area contributed by atoms with Crippen LogP contribution in [0.15, 0.2) is 0 Å². The Morgan fingerprint density at radius 2 is 1.96 bits per heavy atom. The molecule has 142 valence electrons. The van der Waals surface area contributed by atoms with Gasteiger partial charge in [0.2, 0.25) is 0 Å². The second-order valence-electron chi connectivity index (χ2n) is 9.35. The highest BCUT2D eigenvalue weighted by molar-refractivity contribution is 8.01. The molecule has 4 rings (SSSR count). The van der Waals surface area contributed by atoms with E-state index < -0.39 is 34.1 Å². The molecule has 3 N–H and O–H groups in total. The third-order valence-corrected chi connectivity index (χ3v) is 9.02. The number of carbonyl (C=O) groups excluding carboxylic acids is 1. The van der Waals surface area contributed by atoms with Crippen LogP contribution < -0.4 is 0 Å². The molecular weight excluding hydrogens is 344 g/mol. The summed E-state index contributed by atoms with van der Waals surface area (Å²) in [5, 5.41) is 33.1. The molecule has 0 radical (unpaired) electrons. The van der Waals surface area contributed by atoms with E-state index in [9.17, 15) is 20.1 Å². The second kappa shape index (κ2) is 5.13. The van der Waals surface area contributed by atoms with Crippen LogP contribution in [0.2, 0.25) is 0 Å². The predicted molar refractivity (Wildman–Crippen MR) is 91.7 cm³/mol. The number of thioether (sulfide) groups is 1. The van der Waals surface area contributed by atoms with Crippen molar-refractivity contribution in [2.75, 3.05) is 19.5 Å². The van der Waals surface area contributed by atoms with Crippen LogP contribution in [0.3, 0.4) is 0 Å². The summed E-state index contributed by atoms with van der Waals surface area (Å²) in [5.41, 5.74) is -0.438. The van der Waals surface area contributed by atoms with Crippen molar-refractivity contribution in [2.45, 2.75) is 56.4 Å². The van der Waals surface area contributed by atoms with E-state index in [1.54, 1.807) is 0 Å². The maximum absolute atomic E-state index is 11.7. The predicted octanol–water partition coefficient (Wildman–Crippen LogP) is 0.774. The quantitative estimate of drug-likeness (QED) is 0.630. The molecule has 25 heavy (non-hydrogen) atoms. The summed E-state index contributed by atoms with van der Waals surface area (Å²) >= 11 is 1.32. The highest BCUT2D eigenvalue weighted by Crippen LogP contribution is 2.76. The van der Waals surface area contributed by atoms with Crippen LogP contribution in [0, 0.1) is 28.6 Å². The topological polar surface area (TPSA) is 96.2 Å². The highest BCUT2D eigenvalue weighted by Gasteiger charge is 2.85. The molecule has 0 aromatic carbocycles. The molecule has 0 bridgehead atoms. The Labute approximate surface area is 152 Å². The molecular formula is C18H28O6S. The molecule has 0 spiro atoms. The Morgan fingerprint density at radius 3 is 2.60 bits per heavy atom. The van der Waals surface area contributed by atoms with Crippen molar-refractivity contribution in [1.29, 1.82) is 0 Å². The number of fused-ring (bicyclic) bond motifs is 2. The van der Waals surface area contributed by atoms with Gasteiger partial charge in [-0.2, -0.15) is 0 Å². The fraction of sp³-hybridized carbons (Fsp3) is 0.944. The van der Waals surface area contributed by atoms with Gasteiger partial charge >= 0.3 is 5.97 Å². The van der Waals surface area contributed by atoms with Gasteiger partial charge in [-0.15, -0.1) is 11.8 Å². The van der Waals surface area contributed by atoms with Gasteiger partial charge in [0.15, 0.2) is 5.79 Å². The molecule has 7 heteroatoms. The van der Waals surface area contributed by atoms with Crippen molar-refractivity contribution in [3.63, 3.8) is 0 Å². The lowest BCUT2D eigenvalue weighted by Gasteiger charge is -2.69. The van der Waals surface area contributed by atoms with E-state index in [4.69, 9.17) is 9.47 Å². The molecule has 4 aliphatic rings. The first-order chi connectivity index (χ1) is 11.5. The Bertz CT molecular complexity index is 610. The van der Waals surface area contributed by atoms with E-state index in [1.807, 2.05) is 6.92 Å². The van der Waals surface area contributed by atoms with Gasteiger partial charge in [-0.05, 0) is 30.1 Å². The third kappa shape index (κ3) is 1.99. The molecule has 4 fully saturated rings. The number of ether oxygens (including phenoxy) is 2. The van der Waals surface area contributed by atoms with Gasteiger partial charge in [-0.3, -0.25) is 4.79 Å². The first kappa shape index (κ1) is 18.0. The van der Waals surface area contributed by atoms with E-state index in [1.165, 1.54) is 18.9 Å². The molecule has 6 nitrogen and oxygen atoms in total. The first-order valence-electron chi connectivity index (χ1n) is 8.96. The SMILES string of the molecule is COC(=O)CS[C@@]12CO[C@@]3(O)C1[C@@](C)([C@H]1CC(C)(C)C[C@H]1[C@@H]2O)[C@@H]3O. The third-order valence-electron chi connectivity index (χ3n) is 7.50. The van der Waals surface area contributed by atoms with Gasteiger partial charge in [-0.1, -0.05) is 20.8 Å². The van der Waals surface area contributed by atoms with Crippen LogP contribution in [0.1, 0.15) is 33.6 Å². The number of hydrogen-bond donors (Lipinski definition) is 3. The normalized spacial score (nSPS) is 55.2. The van der Waals surface area contributed by atoms with Crippen LogP contribution in [0.25, 0.3) is 0 Å². The number of rotatable bonds is 3. The van der Waals surface area contributed by atoms with Crippen molar-refractivity contribution in [3.8, 4) is 0 Å². The summed E-state index contributed by atoms with van der Waals surface area (Å²) in [6.07, 6.45) is 0.118. The van der Waals surface area contributed by atoms with E-state index in [2.05, 4.69) is 13.8 Å². The lowest BCUT2D eigenvalue weighted by atomic mass is 9.41. The minimum absolute atomic E-state index is 0.0299. The molecule has 3 saturated carbocycles. The van der Waals surface area contributed by atoms with E-state index in [0.717, 1.165) is 12.8 Å². The molecule has 3 aliphatic carbocycles. The molecule has 1 saturated heterocycles. The monoisotopic (exact) mass is 372 g/mol. The van der Waals surface area contributed by atoms with Gasteiger partial charge in [-0.25, -0.2) is 0 Å². The maximum atomic E-state index is 11.7. The molecule has 0 amide bonds. The smallest absolute Gasteiger partial charge is 0.315 e. The summed E-state index contributed by atoms with van der Waals surface area (Å²) in [7, 11) is 1.34. The van der Waals surface area contributed by atoms with Gasteiger partial charge < -0.3 is 24.8 Å². The first-order valence-corrected chi connectivity index (χ1v) is 9.95. The summed E-state index contributed by atoms with van der Waals surface area (Å²) in [5.74, 6) is -2.14. The average molecular weight is 372 g/mol. The lowest BCUT2D eigenvalue weighted by molar-refractivity contribution is -0.385. The van der Waals surface area contributed by atoms with Crippen molar-refractivity contribution in [3.05, 3.63) is 0 Å². The second-order valence-corrected chi connectivity index (χ2v) is 10.7. The highest BCUT2D eigenvalue weighted by atomic mass is 32.2. The Morgan fingerprint density at radius 1 is 1.28 bits per heavy atom. The van der Waals surface area contributed by atoms with E-state index in [-0.39, 0.29) is 35.6 Å². The van der Waals surface area contributed by atoms with Crippen molar-refractivity contribution in [1.82, 2.24) is 0 Å². The standard InChI is InChI=1S/C18H28O6S/c1-15(2)5-9-10(6-15)16(3)13-17(12(9)20,25-7-11(19)23-4)8-24-18(13,22)14(16)21/h9-10,12-14,20-22H,5-8H2,1-4H3/t9-,10+,12+,13?,14+,16-,17-,18+/m1/s1. The number of aliphatic hydroxyl groups is 3. The van der Waals surface area contributed by atoms with Gasteiger partial charge in [0, 0.05) is 11.3 Å². The molecule has 1 unspecified atom stereocenters. The van der Waals surface area contributed by atoms with Gasteiger partial charge in [0.25, 0.3) is 0 Å². The summed E-state index contributed by atoms with van der Waals surface area (Å²) in [6, 6.07) is 0. The number of aliphatic hydroxyl groups excluding tert-OH is 2. The fourth-order valence-electron chi connectivity index (χ4n) is 6.58. The average Bonchev–Trinajstić information content (AvgIpc) is 3.05. The van der Waals surface area contributed by atoms with Crippen molar-refractivity contribution in [2.24, 2.45) is 28.6 Å². The molecule has 0 aromatic rings. The van der Waals surface area contributed by atoms with Gasteiger partial charge in [0.05, 0.1) is 30.3 Å². The number of esters is 1. The van der Waals surface area contributed by atoms with Crippen LogP contribution in [0.4, 0.5) is 0 Å².